The zero-order valence-electron chi connectivity index (χ0n) is 20.0. The molecule has 2 aromatic rings. The number of hydrogen-bond donors (Lipinski definition) is 0. The highest BCUT2D eigenvalue weighted by molar-refractivity contribution is 6.31. The summed E-state index contributed by atoms with van der Waals surface area (Å²) in [7, 11) is 0. The molecule has 0 N–H and O–H groups in total. The van der Waals surface area contributed by atoms with Crippen LogP contribution in [-0.2, 0) is 4.79 Å². The molecular formula is C28H34ClN3O. The number of amides is 1. The number of aliphatic imine (C=N–C) groups is 1. The molecule has 3 aliphatic rings. The van der Waals surface area contributed by atoms with Gasteiger partial charge < -0.3 is 0 Å². The Morgan fingerprint density at radius 2 is 1.52 bits per heavy atom. The zero-order valence-corrected chi connectivity index (χ0v) is 20.8. The van der Waals surface area contributed by atoms with Gasteiger partial charge in [-0.2, -0.15) is 0 Å². The Balaban J connectivity index is 1.73. The first-order valence-electron chi connectivity index (χ1n) is 12.4. The number of hydrogen-bond acceptors (Lipinski definition) is 3. The quantitative estimate of drug-likeness (QED) is 0.504. The van der Waals surface area contributed by atoms with E-state index >= 15 is 0 Å². The monoisotopic (exact) mass is 463 g/mol. The van der Waals surface area contributed by atoms with Crippen molar-refractivity contribution in [1.29, 1.82) is 0 Å². The maximum Gasteiger partial charge on any atom is 0.240 e. The first kappa shape index (κ1) is 22.6. The molecule has 4 nitrogen and oxygen atoms in total. The standard InChI is InChI=1S/C28H34ClN3O/c1-19-17-20(2)24(21(3)18-19)30-26-25(31-15-7-8-16-31)28(13-5-4-6-14-28)27(33)32(26)23-11-9-22(29)10-12-23/h9-12,17-18,25H,4-8,13-16H2,1-3H3/t25-/m1/s1. The summed E-state index contributed by atoms with van der Waals surface area (Å²) in [5.41, 5.74) is 5.05. The summed E-state index contributed by atoms with van der Waals surface area (Å²) in [5.74, 6) is 1.13. The lowest BCUT2D eigenvalue weighted by molar-refractivity contribution is -0.129. The van der Waals surface area contributed by atoms with Crippen molar-refractivity contribution in [2.24, 2.45) is 10.4 Å². The molecule has 2 aromatic carbocycles. The van der Waals surface area contributed by atoms with E-state index in [4.69, 9.17) is 16.6 Å². The minimum Gasteiger partial charge on any atom is -0.293 e. The molecule has 2 heterocycles. The molecule has 5 rings (SSSR count). The number of rotatable bonds is 3. The molecule has 1 amide bonds. The van der Waals surface area contributed by atoms with Gasteiger partial charge >= 0.3 is 0 Å². The van der Waals surface area contributed by atoms with E-state index in [0.717, 1.165) is 67.1 Å². The number of carbonyl (C=O) groups is 1. The van der Waals surface area contributed by atoms with Gasteiger partial charge in [0.15, 0.2) is 0 Å². The zero-order chi connectivity index (χ0) is 23.2. The number of benzene rings is 2. The van der Waals surface area contributed by atoms with Gasteiger partial charge in [0.2, 0.25) is 5.91 Å². The van der Waals surface area contributed by atoms with Crippen LogP contribution in [0.5, 0.6) is 0 Å². The third-order valence-electron chi connectivity index (χ3n) is 7.82. The second-order valence-corrected chi connectivity index (χ2v) is 10.6. The Morgan fingerprint density at radius 1 is 0.909 bits per heavy atom. The summed E-state index contributed by atoms with van der Waals surface area (Å²) in [4.78, 5) is 24.2. The Labute approximate surface area is 202 Å². The average molecular weight is 464 g/mol. The lowest BCUT2D eigenvalue weighted by Crippen LogP contribution is -2.50. The minimum absolute atomic E-state index is 0.0311. The Bertz CT molecular complexity index is 1060. The van der Waals surface area contributed by atoms with Crippen LogP contribution in [0.15, 0.2) is 41.4 Å². The Kier molecular flexibility index (Phi) is 6.09. The Hall–Kier alpha value is -2.17. The van der Waals surface area contributed by atoms with Crippen molar-refractivity contribution >= 4 is 34.7 Å². The largest absolute Gasteiger partial charge is 0.293 e. The first-order valence-corrected chi connectivity index (χ1v) is 12.8. The van der Waals surface area contributed by atoms with Gasteiger partial charge in [0, 0.05) is 5.02 Å². The van der Waals surface area contributed by atoms with Gasteiger partial charge in [-0.25, -0.2) is 4.99 Å². The summed E-state index contributed by atoms with van der Waals surface area (Å²) < 4.78 is 0. The van der Waals surface area contributed by atoms with Crippen LogP contribution in [0.3, 0.4) is 0 Å². The molecule has 1 atom stereocenters. The average Bonchev–Trinajstić information content (AvgIpc) is 3.38. The van der Waals surface area contributed by atoms with Crippen molar-refractivity contribution in [3.05, 3.63) is 58.1 Å². The predicted octanol–water partition coefficient (Wildman–Crippen LogP) is 6.76. The second kappa shape index (κ2) is 8.88. The lowest BCUT2D eigenvalue weighted by Gasteiger charge is -2.39. The number of nitrogens with zero attached hydrogens (tertiary/aromatic N) is 3. The molecule has 0 aromatic heterocycles. The van der Waals surface area contributed by atoms with Gasteiger partial charge in [-0.15, -0.1) is 0 Å². The predicted molar refractivity (Wildman–Crippen MR) is 137 cm³/mol. The van der Waals surface area contributed by atoms with Crippen LogP contribution >= 0.6 is 11.6 Å². The third-order valence-corrected chi connectivity index (χ3v) is 8.08. The first-order chi connectivity index (χ1) is 15.9. The summed E-state index contributed by atoms with van der Waals surface area (Å²) in [6.45, 7) is 8.46. The number of likely N-dealkylation sites (tertiary alicyclic amines) is 1. The van der Waals surface area contributed by atoms with Gasteiger partial charge in [-0.1, -0.05) is 48.6 Å². The maximum absolute atomic E-state index is 14.3. The highest BCUT2D eigenvalue weighted by Crippen LogP contribution is 2.50. The van der Waals surface area contributed by atoms with Gasteiger partial charge in [0.1, 0.15) is 5.84 Å². The van der Waals surface area contributed by atoms with E-state index < -0.39 is 0 Å². The second-order valence-electron chi connectivity index (χ2n) is 10.2. The molecule has 2 saturated heterocycles. The topological polar surface area (TPSA) is 35.9 Å². The molecule has 0 bridgehead atoms. The number of halogens is 1. The van der Waals surface area contributed by atoms with Crippen molar-refractivity contribution < 1.29 is 4.79 Å². The molecule has 1 spiro atoms. The molecule has 1 saturated carbocycles. The molecule has 0 radical (unpaired) electrons. The van der Waals surface area contributed by atoms with Crippen LogP contribution in [0, 0.1) is 26.2 Å². The van der Waals surface area contributed by atoms with Crippen molar-refractivity contribution in [3.8, 4) is 0 Å². The summed E-state index contributed by atoms with van der Waals surface area (Å²) >= 11 is 6.21. The van der Waals surface area contributed by atoms with E-state index in [1.165, 1.54) is 24.8 Å². The summed E-state index contributed by atoms with van der Waals surface area (Å²) in [6.07, 6.45) is 7.71. The third kappa shape index (κ3) is 3.91. The van der Waals surface area contributed by atoms with Crippen LogP contribution in [0.2, 0.25) is 5.02 Å². The van der Waals surface area contributed by atoms with Crippen molar-refractivity contribution in [2.75, 3.05) is 18.0 Å². The lowest BCUT2D eigenvalue weighted by atomic mass is 9.69. The van der Waals surface area contributed by atoms with Crippen LogP contribution < -0.4 is 4.90 Å². The van der Waals surface area contributed by atoms with Gasteiger partial charge in [0.05, 0.1) is 22.8 Å². The van der Waals surface area contributed by atoms with E-state index in [-0.39, 0.29) is 17.4 Å². The van der Waals surface area contributed by atoms with Gasteiger partial charge in [0.25, 0.3) is 0 Å². The maximum atomic E-state index is 14.3. The van der Waals surface area contributed by atoms with Gasteiger partial charge in [-0.3, -0.25) is 14.6 Å². The van der Waals surface area contributed by atoms with E-state index in [9.17, 15) is 4.79 Å². The highest BCUT2D eigenvalue weighted by Gasteiger charge is 2.60. The smallest absolute Gasteiger partial charge is 0.240 e. The minimum atomic E-state index is -0.381. The molecule has 3 fully saturated rings. The molecular weight excluding hydrogens is 430 g/mol. The fourth-order valence-electron chi connectivity index (χ4n) is 6.41. The number of aryl methyl sites for hydroxylation is 3. The molecule has 0 unspecified atom stereocenters. The van der Waals surface area contributed by atoms with Crippen LogP contribution in [0.4, 0.5) is 11.4 Å². The van der Waals surface area contributed by atoms with Crippen molar-refractivity contribution in [1.82, 2.24) is 4.90 Å². The van der Waals surface area contributed by atoms with Crippen LogP contribution in [-0.4, -0.2) is 35.8 Å². The number of carbonyl (C=O) groups excluding carboxylic acids is 1. The summed E-state index contributed by atoms with van der Waals surface area (Å²) in [6, 6.07) is 12.1. The molecule has 2 aliphatic heterocycles. The molecule has 5 heteroatoms. The Morgan fingerprint density at radius 3 is 2.12 bits per heavy atom. The summed E-state index contributed by atoms with van der Waals surface area (Å²) in [5, 5.41) is 0.678. The van der Waals surface area contributed by atoms with E-state index in [1.54, 1.807) is 0 Å². The van der Waals surface area contributed by atoms with Crippen molar-refractivity contribution in [3.63, 3.8) is 0 Å². The van der Waals surface area contributed by atoms with Crippen LogP contribution in [0.1, 0.15) is 61.6 Å². The fourth-order valence-corrected chi connectivity index (χ4v) is 6.54. The molecule has 33 heavy (non-hydrogen) atoms. The van der Waals surface area contributed by atoms with Gasteiger partial charge in [-0.05, 0) is 94.9 Å². The van der Waals surface area contributed by atoms with Crippen LogP contribution in [0.25, 0.3) is 0 Å². The van der Waals surface area contributed by atoms with E-state index in [1.807, 2.05) is 29.2 Å². The normalized spacial score (nSPS) is 24.4. The van der Waals surface area contributed by atoms with Crippen molar-refractivity contribution in [2.45, 2.75) is 71.8 Å². The SMILES string of the molecule is Cc1cc(C)c(N=C2[C@@H](N3CCCC3)C3(CCCCC3)C(=O)N2c2ccc(Cl)cc2)c(C)c1. The number of amidine groups is 1. The number of anilines is 1. The van der Waals surface area contributed by atoms with E-state index in [2.05, 4.69) is 37.8 Å². The molecule has 174 valence electrons. The fraction of sp³-hybridized carbons (Fsp3) is 0.500. The molecule has 1 aliphatic carbocycles. The van der Waals surface area contributed by atoms with E-state index in [0.29, 0.717) is 5.02 Å². The highest BCUT2D eigenvalue weighted by atomic mass is 35.5.